The molecule has 32 heavy (non-hydrogen) atoms. The van der Waals surface area contributed by atoms with E-state index in [2.05, 4.69) is 25.5 Å². The van der Waals surface area contributed by atoms with E-state index >= 15 is 0 Å². The van der Waals surface area contributed by atoms with Crippen LogP contribution in [0.15, 0.2) is 34.5 Å². The van der Waals surface area contributed by atoms with E-state index in [4.69, 9.17) is 14.3 Å². The first kappa shape index (κ1) is 26.5. The lowest BCUT2D eigenvalue weighted by Crippen LogP contribution is -2.46. The molecule has 2 aromatic rings. The van der Waals surface area contributed by atoms with Crippen molar-refractivity contribution in [1.29, 1.82) is 5.26 Å². The van der Waals surface area contributed by atoms with E-state index in [0.29, 0.717) is 0 Å². The normalized spacial score (nSPS) is 14.0. The van der Waals surface area contributed by atoms with E-state index in [0.717, 1.165) is 60.1 Å². The average molecular weight is 505 g/mol. The number of thiophene rings is 1. The summed E-state index contributed by atoms with van der Waals surface area (Å²) in [5.41, 5.74) is -0.198. The summed E-state index contributed by atoms with van der Waals surface area (Å²) >= 11 is 1.16. The molecule has 0 fully saturated rings. The number of sulfonamides is 1. The summed E-state index contributed by atoms with van der Waals surface area (Å²) in [5.74, 6) is -0.989. The smallest absolute Gasteiger partial charge is 0.393 e. The van der Waals surface area contributed by atoms with Crippen LogP contribution in [0.25, 0.3) is 0 Å². The topological polar surface area (TPSA) is 105 Å². The second kappa shape index (κ2) is 10.9. The van der Waals surface area contributed by atoms with Crippen molar-refractivity contribution in [3.05, 3.63) is 46.6 Å². The highest BCUT2D eigenvalue weighted by Gasteiger charge is 2.30. The maximum atomic E-state index is 13.8. The highest BCUT2D eigenvalue weighted by Crippen LogP contribution is 2.47. The molecule has 1 aromatic carbocycles. The zero-order valence-electron chi connectivity index (χ0n) is 18.5. The van der Waals surface area contributed by atoms with Gasteiger partial charge in [0.15, 0.2) is 0 Å². The molecule has 0 saturated carbocycles. The van der Waals surface area contributed by atoms with Crippen LogP contribution >= 0.6 is 18.9 Å². The van der Waals surface area contributed by atoms with E-state index in [-0.39, 0.29) is 15.5 Å². The molecule has 1 unspecified atom stereocenters. The molecule has 0 aliphatic carbocycles. The van der Waals surface area contributed by atoms with Gasteiger partial charge in [-0.15, -0.1) is 11.3 Å². The van der Waals surface area contributed by atoms with Crippen LogP contribution in [0.2, 0.25) is 0 Å². The third kappa shape index (κ3) is 6.38. The van der Waals surface area contributed by atoms with Crippen molar-refractivity contribution in [2.45, 2.75) is 31.5 Å². The summed E-state index contributed by atoms with van der Waals surface area (Å²) < 4.78 is 65.4. The van der Waals surface area contributed by atoms with Crippen molar-refractivity contribution < 1.29 is 30.9 Å². The van der Waals surface area contributed by atoms with Gasteiger partial charge in [0.2, 0.25) is 0 Å². The Labute approximate surface area is 192 Å². The molecule has 0 aliphatic rings. The van der Waals surface area contributed by atoms with Crippen LogP contribution in [0, 0.1) is 17.1 Å². The minimum atomic E-state index is -3.96. The van der Waals surface area contributed by atoms with Gasteiger partial charge in [0.05, 0.1) is 30.1 Å². The first-order chi connectivity index (χ1) is 15.1. The largest absolute Gasteiger partial charge is 0.423 e. The Morgan fingerprint density at radius 3 is 2.38 bits per heavy atom. The van der Waals surface area contributed by atoms with Crippen molar-refractivity contribution in [2.24, 2.45) is 0 Å². The molecular weight excluding hydrogens is 476 g/mol. The number of nitriles is 1. The number of quaternary nitrogens is 1. The molecule has 0 amide bonds. The second-order valence-electron chi connectivity index (χ2n) is 7.11. The molecule has 1 N–H and O–H groups in total. The van der Waals surface area contributed by atoms with Gasteiger partial charge >= 0.3 is 7.60 Å². The molecule has 12 heteroatoms. The first-order valence-corrected chi connectivity index (χ1v) is 14.1. The fourth-order valence-electron chi connectivity index (χ4n) is 3.10. The summed E-state index contributed by atoms with van der Waals surface area (Å²) in [5, 5.41) is 8.79. The van der Waals surface area contributed by atoms with Crippen LogP contribution < -0.4 is 9.25 Å². The molecular formula is C20H28FN3O5PS2+. The summed E-state index contributed by atoms with van der Waals surface area (Å²) in [6.45, 7) is 9.89. The third-order valence-electron chi connectivity index (χ3n) is 5.44. The molecule has 0 bridgehead atoms. The van der Waals surface area contributed by atoms with Crippen molar-refractivity contribution >= 4 is 29.0 Å². The fourth-order valence-corrected chi connectivity index (χ4v) is 7.31. The standard InChI is InChI=1S/C20H28FN3O5PS2/c1-5-24(6-2,7-3)14-18-10-11-20(31-18)32(26,27)23-15-30(25,28-4)29-17-9-8-16(13-22)19(21)12-17/h8-12,23H,5-7,14-15H2,1-4H3/q+1. The van der Waals surface area contributed by atoms with Gasteiger partial charge < -0.3 is 13.5 Å². The first-order valence-electron chi connectivity index (χ1n) is 10.0. The Morgan fingerprint density at radius 2 is 1.84 bits per heavy atom. The van der Waals surface area contributed by atoms with E-state index in [9.17, 15) is 17.4 Å². The van der Waals surface area contributed by atoms with E-state index in [1.54, 1.807) is 12.1 Å². The van der Waals surface area contributed by atoms with Crippen LogP contribution in [0.1, 0.15) is 31.2 Å². The predicted octanol–water partition coefficient (Wildman–Crippen LogP) is 4.29. The molecule has 0 radical (unpaired) electrons. The molecule has 1 atom stereocenters. The minimum absolute atomic E-state index is 0.0981. The van der Waals surface area contributed by atoms with Gasteiger partial charge in [-0.1, -0.05) is 0 Å². The van der Waals surface area contributed by atoms with E-state index < -0.39 is 29.7 Å². The summed E-state index contributed by atoms with van der Waals surface area (Å²) in [4.78, 5) is 0.940. The lowest BCUT2D eigenvalue weighted by molar-refractivity contribution is -0.935. The SMILES string of the molecule is CC[N+](CC)(CC)Cc1ccc(S(=O)(=O)NCP(=O)(OC)Oc2ccc(C#N)c(F)c2)s1. The maximum absolute atomic E-state index is 13.8. The quantitative estimate of drug-likeness (QED) is 0.342. The Hall–Kier alpha value is -1.80. The molecule has 2 rings (SSSR count). The number of benzene rings is 1. The van der Waals surface area contributed by atoms with E-state index in [1.807, 2.05) is 0 Å². The third-order valence-corrected chi connectivity index (χ3v) is 10.2. The number of rotatable bonds is 12. The monoisotopic (exact) mass is 504 g/mol. The summed E-state index contributed by atoms with van der Waals surface area (Å²) in [6.07, 6.45) is -0.639. The maximum Gasteiger partial charge on any atom is 0.393 e. The van der Waals surface area contributed by atoms with Crippen LogP contribution in [0.5, 0.6) is 5.75 Å². The van der Waals surface area contributed by atoms with Gasteiger partial charge in [-0.3, -0.25) is 0 Å². The number of halogens is 1. The van der Waals surface area contributed by atoms with Gasteiger partial charge in [0.25, 0.3) is 10.0 Å². The number of nitrogens with zero attached hydrogens (tertiary/aromatic N) is 2. The van der Waals surface area contributed by atoms with Crippen LogP contribution in [-0.2, 0) is 25.7 Å². The van der Waals surface area contributed by atoms with Crippen LogP contribution in [-0.4, -0.2) is 45.9 Å². The van der Waals surface area contributed by atoms with Gasteiger partial charge in [0.1, 0.15) is 34.7 Å². The van der Waals surface area contributed by atoms with Crippen molar-refractivity contribution in [3.8, 4) is 11.8 Å². The molecule has 0 saturated heterocycles. The average Bonchev–Trinajstić information content (AvgIpc) is 3.26. The fraction of sp³-hybridized carbons (Fsp3) is 0.450. The van der Waals surface area contributed by atoms with Crippen LogP contribution in [0.4, 0.5) is 4.39 Å². The summed E-state index contributed by atoms with van der Waals surface area (Å²) in [6, 6.07) is 8.30. The van der Waals surface area contributed by atoms with Gasteiger partial charge in [0, 0.05) is 13.2 Å². The molecule has 8 nitrogen and oxygen atoms in total. The lowest BCUT2D eigenvalue weighted by atomic mass is 10.2. The zero-order valence-corrected chi connectivity index (χ0v) is 21.0. The summed E-state index contributed by atoms with van der Waals surface area (Å²) in [7, 11) is -6.81. The number of hydrogen-bond donors (Lipinski definition) is 1. The second-order valence-corrected chi connectivity index (χ2v) is 12.4. The highest BCUT2D eigenvalue weighted by atomic mass is 32.2. The number of nitrogens with one attached hydrogen (secondary N) is 1. The Bertz CT molecular complexity index is 1120. The molecule has 176 valence electrons. The Morgan fingerprint density at radius 1 is 1.19 bits per heavy atom. The van der Waals surface area contributed by atoms with Gasteiger partial charge in [-0.2, -0.15) is 9.98 Å². The minimum Gasteiger partial charge on any atom is -0.423 e. The zero-order chi connectivity index (χ0) is 24.0. The van der Waals surface area contributed by atoms with Crippen molar-refractivity contribution in [3.63, 3.8) is 0 Å². The van der Waals surface area contributed by atoms with Crippen molar-refractivity contribution in [2.75, 3.05) is 33.0 Å². The predicted molar refractivity (Wildman–Crippen MR) is 121 cm³/mol. The molecule has 1 aromatic heterocycles. The molecule has 0 spiro atoms. The number of hydrogen-bond acceptors (Lipinski definition) is 7. The highest BCUT2D eigenvalue weighted by molar-refractivity contribution is 7.91. The molecule has 1 heterocycles. The Balaban J connectivity index is 2.12. The van der Waals surface area contributed by atoms with E-state index in [1.165, 1.54) is 18.2 Å². The van der Waals surface area contributed by atoms with Crippen LogP contribution in [0.3, 0.4) is 0 Å². The Kier molecular flexibility index (Phi) is 8.99. The lowest BCUT2D eigenvalue weighted by Gasteiger charge is -2.35. The van der Waals surface area contributed by atoms with Gasteiger partial charge in [-0.25, -0.2) is 17.4 Å². The van der Waals surface area contributed by atoms with Crippen molar-refractivity contribution in [1.82, 2.24) is 4.72 Å². The van der Waals surface area contributed by atoms with Gasteiger partial charge in [-0.05, 0) is 45.0 Å². The molecule has 0 aliphatic heterocycles.